The van der Waals surface area contributed by atoms with Crippen LogP contribution < -0.4 is 0 Å². The Kier molecular flexibility index (Phi) is 8.76. The smallest absolute Gasteiger partial charge is 0.414 e. The van der Waals surface area contributed by atoms with Gasteiger partial charge in [-0.25, -0.2) is 0 Å². The summed E-state index contributed by atoms with van der Waals surface area (Å²) in [6.45, 7) is -4.05. The van der Waals surface area contributed by atoms with Crippen molar-refractivity contribution < 1.29 is 47.2 Å². The van der Waals surface area contributed by atoms with E-state index in [2.05, 4.69) is 18.9 Å². The molecule has 0 saturated carbocycles. The van der Waals surface area contributed by atoms with E-state index in [1.807, 2.05) is 0 Å². The maximum Gasteiger partial charge on any atom is 0.414 e. The van der Waals surface area contributed by atoms with Gasteiger partial charge in [-0.3, -0.25) is 29.8 Å². The summed E-state index contributed by atoms with van der Waals surface area (Å²) < 4.78 is 45.1. The van der Waals surface area contributed by atoms with E-state index in [9.17, 15) is 38.6 Å². The van der Waals surface area contributed by atoms with Crippen molar-refractivity contribution in [2.24, 2.45) is 0 Å². The molecule has 25 heavy (non-hydrogen) atoms. The quantitative estimate of drug-likeness (QED) is 0.114. The molecule has 0 aromatic carbocycles. The van der Waals surface area contributed by atoms with Crippen LogP contribution in [0, 0.1) is 20.2 Å². The standard InChI is InChI=1S/C11H16F2N2O10/c1-8(16)24-5-10(12,14(18)19)3-22-7-23-4-11(13,15(20)21)6-25-9(2)17/h3-7H2,1-2H3. The van der Waals surface area contributed by atoms with Crippen LogP contribution >= 0.6 is 0 Å². The molecule has 0 aliphatic rings. The van der Waals surface area contributed by atoms with Crippen LogP contribution in [0.3, 0.4) is 0 Å². The van der Waals surface area contributed by atoms with Crippen LogP contribution in [0.25, 0.3) is 0 Å². The Morgan fingerprint density at radius 1 is 0.840 bits per heavy atom. The Hall–Kier alpha value is -2.48. The molecule has 0 fully saturated rings. The van der Waals surface area contributed by atoms with E-state index in [1.54, 1.807) is 0 Å². The van der Waals surface area contributed by atoms with Gasteiger partial charge < -0.3 is 18.9 Å². The van der Waals surface area contributed by atoms with Crippen molar-refractivity contribution in [2.45, 2.75) is 25.4 Å². The van der Waals surface area contributed by atoms with Gasteiger partial charge in [-0.05, 0) is 0 Å². The number of carbonyl (C=O) groups is 2. The fraction of sp³-hybridized carbons (Fsp3) is 0.818. The number of ether oxygens (including phenoxy) is 4. The van der Waals surface area contributed by atoms with E-state index >= 15 is 0 Å². The number of hydrogen-bond acceptors (Lipinski definition) is 10. The lowest BCUT2D eigenvalue weighted by Gasteiger charge is -2.18. The number of nitro groups is 2. The second kappa shape index (κ2) is 9.73. The average molecular weight is 374 g/mol. The first kappa shape index (κ1) is 22.5. The zero-order chi connectivity index (χ0) is 19.7. The highest BCUT2D eigenvalue weighted by Gasteiger charge is 2.47. The van der Waals surface area contributed by atoms with Gasteiger partial charge in [0, 0.05) is 13.8 Å². The maximum atomic E-state index is 13.9. The molecule has 0 N–H and O–H groups in total. The summed E-state index contributed by atoms with van der Waals surface area (Å²) in [6.07, 6.45) is 0. The first-order chi connectivity index (χ1) is 11.4. The molecular formula is C11H16F2N2O10. The van der Waals surface area contributed by atoms with Crippen LogP contribution in [0.2, 0.25) is 0 Å². The molecule has 14 heteroatoms. The number of esters is 2. The molecule has 0 bridgehead atoms. The zero-order valence-electron chi connectivity index (χ0n) is 13.3. The second-order valence-electron chi connectivity index (χ2n) is 4.73. The van der Waals surface area contributed by atoms with E-state index in [0.29, 0.717) is 0 Å². The summed E-state index contributed by atoms with van der Waals surface area (Å²) in [7, 11) is 0. The first-order valence-electron chi connectivity index (χ1n) is 6.52. The minimum Gasteiger partial charge on any atom is -0.455 e. The molecule has 0 aromatic heterocycles. The van der Waals surface area contributed by atoms with Gasteiger partial charge in [0.2, 0.25) is 0 Å². The van der Waals surface area contributed by atoms with Gasteiger partial charge in [0.05, 0.1) is 9.85 Å². The van der Waals surface area contributed by atoms with Crippen LogP contribution in [0.1, 0.15) is 13.8 Å². The van der Waals surface area contributed by atoms with E-state index in [0.717, 1.165) is 13.8 Å². The summed E-state index contributed by atoms with van der Waals surface area (Å²) in [4.78, 5) is 39.5. The van der Waals surface area contributed by atoms with Crippen molar-refractivity contribution in [1.29, 1.82) is 0 Å². The lowest BCUT2D eigenvalue weighted by atomic mass is 10.3. The van der Waals surface area contributed by atoms with E-state index in [1.165, 1.54) is 0 Å². The molecule has 0 amide bonds. The third-order valence-electron chi connectivity index (χ3n) is 2.46. The topological polar surface area (TPSA) is 157 Å². The van der Waals surface area contributed by atoms with Crippen molar-refractivity contribution in [3.63, 3.8) is 0 Å². The van der Waals surface area contributed by atoms with Gasteiger partial charge in [-0.1, -0.05) is 0 Å². The normalized spacial score (nSPS) is 15.5. The van der Waals surface area contributed by atoms with E-state index < -0.39 is 66.6 Å². The second-order valence-corrected chi connectivity index (χ2v) is 4.73. The molecule has 0 spiro atoms. The Labute approximate surface area is 139 Å². The van der Waals surface area contributed by atoms with Gasteiger partial charge in [0.25, 0.3) is 0 Å². The molecule has 0 aromatic rings. The highest BCUT2D eigenvalue weighted by atomic mass is 19.2. The van der Waals surface area contributed by atoms with Crippen molar-refractivity contribution in [1.82, 2.24) is 0 Å². The van der Waals surface area contributed by atoms with Crippen LogP contribution in [-0.4, -0.2) is 66.6 Å². The van der Waals surface area contributed by atoms with Crippen molar-refractivity contribution in [3.8, 4) is 0 Å². The zero-order valence-corrected chi connectivity index (χ0v) is 13.3. The Morgan fingerprint density at radius 2 is 1.16 bits per heavy atom. The monoisotopic (exact) mass is 374 g/mol. The van der Waals surface area contributed by atoms with Gasteiger partial charge >= 0.3 is 23.5 Å². The summed E-state index contributed by atoms with van der Waals surface area (Å²) in [5, 5.41) is 21.2. The minimum atomic E-state index is -3.28. The summed E-state index contributed by atoms with van der Waals surface area (Å²) in [5.74, 6) is -8.47. The molecule has 0 aliphatic heterocycles. The average Bonchev–Trinajstić information content (AvgIpc) is 2.50. The van der Waals surface area contributed by atoms with E-state index in [4.69, 9.17) is 0 Å². The molecule has 0 radical (unpaired) electrons. The lowest BCUT2D eigenvalue weighted by molar-refractivity contribution is -0.617. The van der Waals surface area contributed by atoms with E-state index in [-0.39, 0.29) is 0 Å². The van der Waals surface area contributed by atoms with Crippen LogP contribution in [0.5, 0.6) is 0 Å². The minimum absolute atomic E-state index is 0.909. The van der Waals surface area contributed by atoms with Crippen molar-refractivity contribution in [3.05, 3.63) is 20.2 Å². The molecule has 12 nitrogen and oxygen atoms in total. The summed E-state index contributed by atoms with van der Waals surface area (Å²) >= 11 is 0. The molecule has 2 unspecified atom stereocenters. The number of nitrogens with zero attached hydrogens (tertiary/aromatic N) is 2. The predicted octanol–water partition coefficient (Wildman–Crippen LogP) is -0.0117. The number of carbonyl (C=O) groups excluding carboxylic acids is 2. The van der Waals surface area contributed by atoms with Crippen LogP contribution in [-0.2, 0) is 28.5 Å². The van der Waals surface area contributed by atoms with Gasteiger partial charge in [-0.2, -0.15) is 8.78 Å². The molecule has 144 valence electrons. The Bertz CT molecular complexity index is 475. The van der Waals surface area contributed by atoms with Crippen molar-refractivity contribution in [2.75, 3.05) is 33.2 Å². The third kappa shape index (κ3) is 8.25. The summed E-state index contributed by atoms with van der Waals surface area (Å²) in [6, 6.07) is 0. The number of rotatable bonds is 12. The Morgan fingerprint density at radius 3 is 1.40 bits per heavy atom. The highest BCUT2D eigenvalue weighted by Crippen LogP contribution is 2.16. The van der Waals surface area contributed by atoms with Gasteiger partial charge in [0.1, 0.15) is 6.79 Å². The third-order valence-corrected chi connectivity index (χ3v) is 2.46. The first-order valence-corrected chi connectivity index (χ1v) is 6.52. The molecule has 0 saturated heterocycles. The highest BCUT2D eigenvalue weighted by molar-refractivity contribution is 5.66. The fourth-order valence-electron chi connectivity index (χ4n) is 1.17. The SMILES string of the molecule is CC(=O)OCC(F)(COCOCC(F)(COC(C)=O)[N+](=O)[O-])[N+](=O)[O-]. The number of alkyl halides is 2. The largest absolute Gasteiger partial charge is 0.455 e. The van der Waals surface area contributed by atoms with Crippen LogP contribution in [0.4, 0.5) is 8.78 Å². The molecular weight excluding hydrogens is 358 g/mol. The molecule has 2 atom stereocenters. The van der Waals surface area contributed by atoms with Gasteiger partial charge in [-0.15, -0.1) is 0 Å². The van der Waals surface area contributed by atoms with Crippen molar-refractivity contribution >= 4 is 11.9 Å². The van der Waals surface area contributed by atoms with Crippen LogP contribution in [0.15, 0.2) is 0 Å². The number of halogens is 2. The van der Waals surface area contributed by atoms with Gasteiger partial charge in [0.15, 0.2) is 26.4 Å². The maximum absolute atomic E-state index is 13.9. The predicted molar refractivity (Wildman–Crippen MR) is 71.7 cm³/mol. The number of hydrogen-bond donors (Lipinski definition) is 0. The Balaban J connectivity index is 4.43. The molecule has 0 aliphatic carbocycles. The molecule has 0 heterocycles. The molecule has 0 rings (SSSR count). The lowest BCUT2D eigenvalue weighted by Crippen LogP contribution is -2.45. The fourth-order valence-corrected chi connectivity index (χ4v) is 1.17. The summed E-state index contributed by atoms with van der Waals surface area (Å²) in [5.41, 5.74) is 0.